The van der Waals surface area contributed by atoms with Crippen molar-refractivity contribution in [2.75, 3.05) is 13.1 Å². The van der Waals surface area contributed by atoms with E-state index in [2.05, 4.69) is 14.9 Å². The lowest BCUT2D eigenvalue weighted by atomic mass is 9.94. The van der Waals surface area contributed by atoms with Gasteiger partial charge in [0.25, 0.3) is 0 Å². The van der Waals surface area contributed by atoms with Crippen LogP contribution in [0.4, 0.5) is 0 Å². The third-order valence-electron chi connectivity index (χ3n) is 4.15. The quantitative estimate of drug-likeness (QED) is 0.939. The van der Waals surface area contributed by atoms with Crippen LogP contribution in [0.15, 0.2) is 42.9 Å². The molecule has 1 unspecified atom stereocenters. The van der Waals surface area contributed by atoms with Gasteiger partial charge in [-0.2, -0.15) is 0 Å². The first kappa shape index (κ1) is 14.7. The highest BCUT2D eigenvalue weighted by molar-refractivity contribution is 5.89. The highest BCUT2D eigenvalue weighted by Crippen LogP contribution is 2.26. The average Bonchev–Trinajstić information content (AvgIpc) is 2.56. The van der Waals surface area contributed by atoms with Gasteiger partial charge in [0.05, 0.1) is 11.3 Å². The summed E-state index contributed by atoms with van der Waals surface area (Å²) in [7, 11) is 0. The molecule has 0 saturated carbocycles. The molecule has 1 aliphatic rings. The maximum Gasteiger partial charge on any atom is 0.336 e. The molecule has 22 heavy (non-hydrogen) atoms. The number of carboxylic acids is 1. The van der Waals surface area contributed by atoms with E-state index in [4.69, 9.17) is 0 Å². The summed E-state index contributed by atoms with van der Waals surface area (Å²) in [5.41, 5.74) is 2.29. The number of hydrogen-bond donors (Lipinski definition) is 1. The van der Waals surface area contributed by atoms with Gasteiger partial charge in [-0.25, -0.2) is 4.79 Å². The Morgan fingerprint density at radius 2 is 2.18 bits per heavy atom. The molecule has 1 N–H and O–H groups in total. The molecule has 2 aromatic rings. The molecule has 0 amide bonds. The highest BCUT2D eigenvalue weighted by Gasteiger charge is 2.23. The van der Waals surface area contributed by atoms with Crippen molar-refractivity contribution in [3.63, 3.8) is 0 Å². The number of piperidine rings is 1. The van der Waals surface area contributed by atoms with E-state index in [1.807, 2.05) is 18.3 Å². The van der Waals surface area contributed by atoms with Crippen LogP contribution in [0.3, 0.4) is 0 Å². The second-order valence-electron chi connectivity index (χ2n) is 5.67. The van der Waals surface area contributed by atoms with E-state index in [0.29, 0.717) is 18.0 Å². The minimum atomic E-state index is -0.863. The molecule has 0 radical (unpaired) electrons. The molecule has 2 heterocycles. The van der Waals surface area contributed by atoms with Crippen molar-refractivity contribution in [1.82, 2.24) is 14.9 Å². The van der Waals surface area contributed by atoms with Gasteiger partial charge in [0, 0.05) is 37.6 Å². The lowest BCUT2D eigenvalue weighted by Crippen LogP contribution is -2.34. The van der Waals surface area contributed by atoms with Crippen molar-refractivity contribution in [2.45, 2.75) is 25.3 Å². The lowest BCUT2D eigenvalue weighted by Gasteiger charge is -2.32. The summed E-state index contributed by atoms with van der Waals surface area (Å²) in [6.45, 7) is 2.55. The number of carboxylic acid groups (broad SMARTS) is 1. The first-order valence-electron chi connectivity index (χ1n) is 7.53. The lowest BCUT2D eigenvalue weighted by molar-refractivity contribution is 0.0694. The molecule has 5 nitrogen and oxygen atoms in total. The molecule has 5 heteroatoms. The zero-order chi connectivity index (χ0) is 15.4. The number of carbonyl (C=O) groups is 1. The van der Waals surface area contributed by atoms with Crippen LogP contribution in [0.5, 0.6) is 0 Å². The Labute approximate surface area is 129 Å². The number of nitrogens with zero attached hydrogens (tertiary/aromatic N) is 3. The Balaban J connectivity index is 1.72. The minimum absolute atomic E-state index is 0.374. The van der Waals surface area contributed by atoms with Crippen molar-refractivity contribution < 1.29 is 9.90 Å². The topological polar surface area (TPSA) is 66.3 Å². The van der Waals surface area contributed by atoms with Crippen LogP contribution in [0.1, 0.15) is 40.4 Å². The zero-order valence-electron chi connectivity index (χ0n) is 12.4. The molecule has 1 saturated heterocycles. The molecule has 1 aromatic heterocycles. The van der Waals surface area contributed by atoms with E-state index in [1.165, 1.54) is 0 Å². The van der Waals surface area contributed by atoms with E-state index < -0.39 is 5.97 Å². The SMILES string of the molecule is O=C(O)c1ccccc1CN1CCCC(c2cnccn2)C1. The van der Waals surface area contributed by atoms with E-state index in [1.54, 1.807) is 24.5 Å². The number of hydrogen-bond acceptors (Lipinski definition) is 4. The smallest absolute Gasteiger partial charge is 0.336 e. The molecule has 3 rings (SSSR count). The third-order valence-corrected chi connectivity index (χ3v) is 4.15. The number of rotatable bonds is 4. The van der Waals surface area contributed by atoms with Gasteiger partial charge in [-0.15, -0.1) is 0 Å². The first-order chi connectivity index (χ1) is 10.7. The van der Waals surface area contributed by atoms with Gasteiger partial charge in [0.1, 0.15) is 0 Å². The molecular formula is C17H19N3O2. The Morgan fingerprint density at radius 1 is 1.32 bits per heavy atom. The van der Waals surface area contributed by atoms with Crippen LogP contribution in [-0.4, -0.2) is 39.0 Å². The fourth-order valence-corrected chi connectivity index (χ4v) is 3.07. The fraction of sp³-hybridized carbons (Fsp3) is 0.353. The summed E-state index contributed by atoms with van der Waals surface area (Å²) in [5.74, 6) is -0.488. The predicted octanol–water partition coefficient (Wildman–Crippen LogP) is 2.55. The second-order valence-corrected chi connectivity index (χ2v) is 5.67. The average molecular weight is 297 g/mol. The fourth-order valence-electron chi connectivity index (χ4n) is 3.07. The third kappa shape index (κ3) is 3.31. The monoisotopic (exact) mass is 297 g/mol. The second kappa shape index (κ2) is 6.66. The van der Waals surface area contributed by atoms with E-state index >= 15 is 0 Å². The molecule has 114 valence electrons. The summed E-state index contributed by atoms with van der Waals surface area (Å²) < 4.78 is 0. The Bertz CT molecular complexity index is 645. The standard InChI is InChI=1S/C17H19N3O2/c21-17(22)15-6-2-1-4-13(15)11-20-9-3-5-14(12-20)16-10-18-7-8-19-16/h1-2,4,6-8,10,14H,3,5,9,11-12H2,(H,21,22). The van der Waals surface area contributed by atoms with Crippen LogP contribution < -0.4 is 0 Å². The first-order valence-corrected chi connectivity index (χ1v) is 7.53. The number of aromatic nitrogens is 2. The summed E-state index contributed by atoms with van der Waals surface area (Å²) in [6.07, 6.45) is 7.45. The maximum absolute atomic E-state index is 11.3. The molecule has 1 atom stereocenters. The molecule has 0 bridgehead atoms. The van der Waals surface area contributed by atoms with Gasteiger partial charge in [-0.05, 0) is 31.0 Å². The Kier molecular flexibility index (Phi) is 4.44. The van der Waals surface area contributed by atoms with Gasteiger partial charge in [0.2, 0.25) is 0 Å². The molecule has 0 aliphatic carbocycles. The number of likely N-dealkylation sites (tertiary alicyclic amines) is 1. The largest absolute Gasteiger partial charge is 0.478 e. The summed E-state index contributed by atoms with van der Waals surface area (Å²) in [4.78, 5) is 22.2. The minimum Gasteiger partial charge on any atom is -0.478 e. The van der Waals surface area contributed by atoms with E-state index in [-0.39, 0.29) is 0 Å². The summed E-state index contributed by atoms with van der Waals surface area (Å²) in [6, 6.07) is 7.23. The summed E-state index contributed by atoms with van der Waals surface area (Å²) >= 11 is 0. The number of benzene rings is 1. The van der Waals surface area contributed by atoms with Gasteiger partial charge in [-0.3, -0.25) is 14.9 Å². The zero-order valence-corrected chi connectivity index (χ0v) is 12.4. The van der Waals surface area contributed by atoms with Crippen LogP contribution >= 0.6 is 0 Å². The van der Waals surface area contributed by atoms with Crippen LogP contribution in [-0.2, 0) is 6.54 Å². The van der Waals surface area contributed by atoms with Gasteiger partial charge in [-0.1, -0.05) is 18.2 Å². The predicted molar refractivity (Wildman–Crippen MR) is 82.7 cm³/mol. The highest BCUT2D eigenvalue weighted by atomic mass is 16.4. The summed E-state index contributed by atoms with van der Waals surface area (Å²) in [5, 5.41) is 9.29. The molecule has 1 fully saturated rings. The van der Waals surface area contributed by atoms with Crippen LogP contribution in [0.2, 0.25) is 0 Å². The molecule has 1 aliphatic heterocycles. The van der Waals surface area contributed by atoms with E-state index in [0.717, 1.165) is 37.2 Å². The van der Waals surface area contributed by atoms with Crippen LogP contribution in [0, 0.1) is 0 Å². The van der Waals surface area contributed by atoms with Crippen molar-refractivity contribution >= 4 is 5.97 Å². The normalized spacial score (nSPS) is 19.0. The van der Waals surface area contributed by atoms with Crippen molar-refractivity contribution in [1.29, 1.82) is 0 Å². The van der Waals surface area contributed by atoms with Crippen LogP contribution in [0.25, 0.3) is 0 Å². The Morgan fingerprint density at radius 3 is 2.95 bits per heavy atom. The van der Waals surface area contributed by atoms with Crippen molar-refractivity contribution in [3.8, 4) is 0 Å². The molecular weight excluding hydrogens is 278 g/mol. The van der Waals surface area contributed by atoms with Gasteiger partial charge in [0.15, 0.2) is 0 Å². The van der Waals surface area contributed by atoms with Crippen molar-refractivity contribution in [2.24, 2.45) is 0 Å². The maximum atomic E-state index is 11.3. The van der Waals surface area contributed by atoms with Crippen molar-refractivity contribution in [3.05, 3.63) is 59.7 Å². The molecule has 0 spiro atoms. The Hall–Kier alpha value is -2.27. The van der Waals surface area contributed by atoms with Gasteiger partial charge >= 0.3 is 5.97 Å². The molecule has 1 aromatic carbocycles. The number of aromatic carboxylic acids is 1. The van der Waals surface area contributed by atoms with Gasteiger partial charge < -0.3 is 5.11 Å². The van der Waals surface area contributed by atoms with E-state index in [9.17, 15) is 9.90 Å².